The summed E-state index contributed by atoms with van der Waals surface area (Å²) in [5.74, 6) is -0.178. The van der Waals surface area contributed by atoms with E-state index in [0.717, 1.165) is 31.2 Å². The third kappa shape index (κ3) is 4.37. The largest absolute Gasteiger partial charge is 0.352 e. The summed E-state index contributed by atoms with van der Waals surface area (Å²) >= 11 is 0. The molecule has 6 nitrogen and oxygen atoms in total. The molecular weight excluding hydrogens is 378 g/mol. The fourth-order valence-electron chi connectivity index (χ4n) is 4.27. The Morgan fingerprint density at radius 3 is 2.37 bits per heavy atom. The minimum Gasteiger partial charge on any atom is -0.352 e. The molecule has 0 bridgehead atoms. The first kappa shape index (κ1) is 20.1. The van der Waals surface area contributed by atoms with Gasteiger partial charge in [-0.1, -0.05) is 61.7 Å². The summed E-state index contributed by atoms with van der Waals surface area (Å²) < 4.78 is 2.68. The Hall–Kier alpha value is -3.15. The van der Waals surface area contributed by atoms with Gasteiger partial charge in [0.1, 0.15) is 6.54 Å². The van der Waals surface area contributed by atoms with Gasteiger partial charge in [0.05, 0.1) is 10.9 Å². The number of para-hydroxylation sites is 1. The zero-order chi connectivity index (χ0) is 20.9. The highest BCUT2D eigenvalue weighted by atomic mass is 16.2. The lowest BCUT2D eigenvalue weighted by Crippen LogP contribution is -2.44. The number of amides is 1. The molecule has 1 saturated carbocycles. The summed E-state index contributed by atoms with van der Waals surface area (Å²) in [4.78, 5) is 38.9. The number of carbonyl (C=O) groups is 1. The van der Waals surface area contributed by atoms with E-state index in [2.05, 4.69) is 5.32 Å². The first-order valence-electron chi connectivity index (χ1n) is 10.7. The number of carbonyl (C=O) groups excluding carboxylic acids is 1. The lowest BCUT2D eigenvalue weighted by Gasteiger charge is -2.23. The Kier molecular flexibility index (Phi) is 6.12. The number of aromatic nitrogens is 2. The second kappa shape index (κ2) is 9.11. The van der Waals surface area contributed by atoms with E-state index in [1.54, 1.807) is 24.3 Å². The minimum absolute atomic E-state index is 0.0819. The van der Waals surface area contributed by atoms with Gasteiger partial charge >= 0.3 is 5.69 Å². The van der Waals surface area contributed by atoms with Crippen molar-refractivity contribution in [2.75, 3.05) is 0 Å². The van der Waals surface area contributed by atoms with Gasteiger partial charge in [-0.3, -0.25) is 18.7 Å². The quantitative estimate of drug-likeness (QED) is 0.685. The SMILES string of the molecule is O=C(Cn1c(=O)n(CCc2ccccc2)c(=O)c2ccccc21)NC1CCCCC1. The molecule has 0 atom stereocenters. The van der Waals surface area contributed by atoms with E-state index < -0.39 is 5.69 Å². The van der Waals surface area contributed by atoms with Crippen molar-refractivity contribution in [3.63, 3.8) is 0 Å². The van der Waals surface area contributed by atoms with Crippen LogP contribution in [0.15, 0.2) is 64.2 Å². The van der Waals surface area contributed by atoms with Gasteiger partial charge in [0.2, 0.25) is 5.91 Å². The molecule has 4 rings (SSSR count). The molecule has 1 aromatic heterocycles. The van der Waals surface area contributed by atoms with E-state index in [1.165, 1.54) is 15.6 Å². The normalized spacial score (nSPS) is 14.7. The molecule has 1 heterocycles. The van der Waals surface area contributed by atoms with Crippen molar-refractivity contribution in [2.45, 2.75) is 57.7 Å². The summed E-state index contributed by atoms with van der Waals surface area (Å²) in [6.45, 7) is 0.193. The molecule has 1 aliphatic rings. The van der Waals surface area contributed by atoms with Crippen molar-refractivity contribution in [2.24, 2.45) is 0 Å². The number of nitrogens with zero attached hydrogens (tertiary/aromatic N) is 2. The summed E-state index contributed by atoms with van der Waals surface area (Å²) in [5, 5.41) is 3.52. The summed E-state index contributed by atoms with van der Waals surface area (Å²) in [5.41, 5.74) is 0.810. The number of nitrogens with one attached hydrogen (secondary N) is 1. The fraction of sp³-hybridized carbons (Fsp3) is 0.375. The lowest BCUT2D eigenvalue weighted by atomic mass is 9.95. The monoisotopic (exact) mass is 405 g/mol. The molecule has 1 fully saturated rings. The van der Waals surface area contributed by atoms with Crippen molar-refractivity contribution in [3.05, 3.63) is 81.0 Å². The zero-order valence-corrected chi connectivity index (χ0v) is 17.0. The van der Waals surface area contributed by atoms with Crippen LogP contribution in [0.1, 0.15) is 37.7 Å². The molecular formula is C24H27N3O3. The van der Waals surface area contributed by atoms with Gasteiger partial charge in [-0.2, -0.15) is 0 Å². The Morgan fingerprint density at radius 2 is 1.60 bits per heavy atom. The van der Waals surface area contributed by atoms with Crippen LogP contribution in [0.25, 0.3) is 10.9 Å². The van der Waals surface area contributed by atoms with Crippen LogP contribution in [0.4, 0.5) is 0 Å². The van der Waals surface area contributed by atoms with Gasteiger partial charge in [0.15, 0.2) is 0 Å². The van der Waals surface area contributed by atoms with Crippen LogP contribution in [0.5, 0.6) is 0 Å². The van der Waals surface area contributed by atoms with E-state index in [4.69, 9.17) is 0 Å². The first-order valence-corrected chi connectivity index (χ1v) is 10.7. The van der Waals surface area contributed by atoms with Gasteiger partial charge in [0.25, 0.3) is 5.56 Å². The highest BCUT2D eigenvalue weighted by Crippen LogP contribution is 2.17. The second-order valence-corrected chi connectivity index (χ2v) is 7.98. The van der Waals surface area contributed by atoms with Crippen LogP contribution in [-0.4, -0.2) is 21.1 Å². The van der Waals surface area contributed by atoms with Gasteiger partial charge in [-0.25, -0.2) is 4.79 Å². The highest BCUT2D eigenvalue weighted by molar-refractivity contribution is 5.81. The van der Waals surface area contributed by atoms with E-state index in [0.29, 0.717) is 17.3 Å². The predicted molar refractivity (Wildman–Crippen MR) is 118 cm³/mol. The molecule has 1 N–H and O–H groups in total. The standard InChI is InChI=1S/C24H27N3O3/c28-22(25-19-11-5-2-6-12-19)17-27-21-14-8-7-13-20(21)23(29)26(24(27)30)16-15-18-9-3-1-4-10-18/h1,3-4,7-10,13-14,19H,2,5-6,11-12,15-17H2,(H,25,28). The molecule has 3 aromatic rings. The van der Waals surface area contributed by atoms with E-state index in [9.17, 15) is 14.4 Å². The van der Waals surface area contributed by atoms with Gasteiger partial charge in [-0.15, -0.1) is 0 Å². The van der Waals surface area contributed by atoms with Crippen molar-refractivity contribution in [1.29, 1.82) is 0 Å². The van der Waals surface area contributed by atoms with Gasteiger partial charge < -0.3 is 5.32 Å². The molecule has 156 valence electrons. The second-order valence-electron chi connectivity index (χ2n) is 7.98. The molecule has 6 heteroatoms. The van der Waals surface area contributed by atoms with E-state index in [1.807, 2.05) is 30.3 Å². The maximum Gasteiger partial charge on any atom is 0.331 e. The molecule has 0 aliphatic heterocycles. The molecule has 0 unspecified atom stereocenters. The Labute approximate surface area is 175 Å². The van der Waals surface area contributed by atoms with Crippen LogP contribution < -0.4 is 16.6 Å². The molecule has 30 heavy (non-hydrogen) atoms. The van der Waals surface area contributed by atoms with Crippen LogP contribution in [0.3, 0.4) is 0 Å². The van der Waals surface area contributed by atoms with Crippen LogP contribution in [0.2, 0.25) is 0 Å². The molecule has 2 aromatic carbocycles. The van der Waals surface area contributed by atoms with Crippen LogP contribution >= 0.6 is 0 Å². The number of aryl methyl sites for hydroxylation is 1. The number of rotatable bonds is 6. The molecule has 0 saturated heterocycles. The maximum absolute atomic E-state index is 13.2. The molecule has 0 spiro atoms. The zero-order valence-electron chi connectivity index (χ0n) is 17.0. The number of benzene rings is 2. The molecule has 1 amide bonds. The summed E-state index contributed by atoms with van der Waals surface area (Å²) in [6, 6.07) is 16.9. The van der Waals surface area contributed by atoms with Gasteiger partial charge in [-0.05, 0) is 37.0 Å². The Bertz CT molecular complexity index is 1140. The smallest absolute Gasteiger partial charge is 0.331 e. The number of fused-ring (bicyclic) bond motifs is 1. The van der Waals surface area contributed by atoms with Crippen molar-refractivity contribution in [1.82, 2.24) is 14.5 Å². The van der Waals surface area contributed by atoms with E-state index >= 15 is 0 Å². The molecule has 1 aliphatic carbocycles. The minimum atomic E-state index is -0.437. The third-order valence-electron chi connectivity index (χ3n) is 5.87. The van der Waals surface area contributed by atoms with Crippen molar-refractivity contribution < 1.29 is 4.79 Å². The number of hydrogen-bond donors (Lipinski definition) is 1. The van der Waals surface area contributed by atoms with Gasteiger partial charge in [0, 0.05) is 12.6 Å². The van der Waals surface area contributed by atoms with Crippen LogP contribution in [-0.2, 0) is 24.3 Å². The Balaban J connectivity index is 1.65. The maximum atomic E-state index is 13.2. The lowest BCUT2D eigenvalue weighted by molar-refractivity contribution is -0.122. The van der Waals surface area contributed by atoms with Crippen molar-refractivity contribution in [3.8, 4) is 0 Å². The number of hydrogen-bond acceptors (Lipinski definition) is 3. The summed E-state index contributed by atoms with van der Waals surface area (Å²) in [6.07, 6.45) is 6.00. The first-order chi connectivity index (χ1) is 14.6. The fourth-order valence-corrected chi connectivity index (χ4v) is 4.27. The molecule has 0 radical (unpaired) electrons. The average Bonchev–Trinajstić information content (AvgIpc) is 2.78. The Morgan fingerprint density at radius 1 is 0.900 bits per heavy atom. The van der Waals surface area contributed by atoms with Crippen molar-refractivity contribution >= 4 is 16.8 Å². The topological polar surface area (TPSA) is 73.1 Å². The highest BCUT2D eigenvalue weighted by Gasteiger charge is 2.19. The average molecular weight is 405 g/mol. The third-order valence-corrected chi connectivity index (χ3v) is 5.87. The summed E-state index contributed by atoms with van der Waals surface area (Å²) in [7, 11) is 0. The predicted octanol–water partition coefficient (Wildman–Crippen LogP) is 2.85. The van der Waals surface area contributed by atoms with E-state index in [-0.39, 0.29) is 30.6 Å². The van der Waals surface area contributed by atoms with Crippen LogP contribution in [0, 0.1) is 0 Å².